The van der Waals surface area contributed by atoms with Gasteiger partial charge in [0.1, 0.15) is 10.6 Å². The molecule has 4 rings (SSSR count). The van der Waals surface area contributed by atoms with E-state index in [9.17, 15) is 8.42 Å². The Balaban J connectivity index is 1.69. The predicted molar refractivity (Wildman–Crippen MR) is 116 cm³/mol. The van der Waals surface area contributed by atoms with Crippen LogP contribution in [0, 0.1) is 0 Å². The van der Waals surface area contributed by atoms with Crippen LogP contribution < -0.4 is 9.46 Å². The molecule has 0 fully saturated rings. The van der Waals surface area contributed by atoms with Gasteiger partial charge in [-0.1, -0.05) is 48.0 Å². The molecular weight excluding hydrogens is 408 g/mol. The summed E-state index contributed by atoms with van der Waals surface area (Å²) in [4.78, 5) is 4.64. The molecule has 0 unspecified atom stereocenters. The molecule has 1 aromatic heterocycles. The van der Waals surface area contributed by atoms with Gasteiger partial charge in [0.25, 0.3) is 10.0 Å². The maximum atomic E-state index is 12.9. The molecule has 0 saturated heterocycles. The Bertz CT molecular complexity index is 1310. The minimum Gasteiger partial charge on any atom is -0.495 e. The molecule has 0 atom stereocenters. The van der Waals surface area contributed by atoms with E-state index in [0.29, 0.717) is 10.7 Å². The summed E-state index contributed by atoms with van der Waals surface area (Å²) in [6.07, 6.45) is 0. The number of methoxy groups -OCH3 is 1. The number of pyridine rings is 1. The maximum Gasteiger partial charge on any atom is 0.265 e. The number of sulfonamides is 1. The van der Waals surface area contributed by atoms with Crippen LogP contribution in [-0.2, 0) is 10.0 Å². The Hall–Kier alpha value is -3.09. The fourth-order valence-corrected chi connectivity index (χ4v) is 4.52. The van der Waals surface area contributed by atoms with Crippen LogP contribution in [0.4, 0.5) is 5.69 Å². The first kappa shape index (κ1) is 19.2. The van der Waals surface area contributed by atoms with Gasteiger partial charge in [-0.3, -0.25) is 4.72 Å². The first-order valence-corrected chi connectivity index (χ1v) is 10.6. The van der Waals surface area contributed by atoms with Crippen molar-refractivity contribution in [2.45, 2.75) is 4.90 Å². The van der Waals surface area contributed by atoms with Crippen molar-refractivity contribution < 1.29 is 13.2 Å². The van der Waals surface area contributed by atoms with E-state index in [-0.39, 0.29) is 10.6 Å². The number of nitrogens with one attached hydrogen (secondary N) is 1. The van der Waals surface area contributed by atoms with Gasteiger partial charge in [-0.2, -0.15) is 0 Å². The van der Waals surface area contributed by atoms with E-state index in [4.69, 9.17) is 16.3 Å². The lowest BCUT2D eigenvalue weighted by atomic mass is 10.1. The number of hydrogen-bond donors (Lipinski definition) is 1. The summed E-state index contributed by atoms with van der Waals surface area (Å²) in [6, 6.07) is 23.3. The van der Waals surface area contributed by atoms with E-state index < -0.39 is 10.0 Å². The zero-order valence-electron chi connectivity index (χ0n) is 15.5. The molecule has 3 aromatic carbocycles. The van der Waals surface area contributed by atoms with E-state index in [1.54, 1.807) is 24.3 Å². The highest BCUT2D eigenvalue weighted by molar-refractivity contribution is 7.92. The van der Waals surface area contributed by atoms with Gasteiger partial charge in [0, 0.05) is 21.7 Å². The van der Waals surface area contributed by atoms with Gasteiger partial charge < -0.3 is 4.74 Å². The predicted octanol–water partition coefficient (Wildman–Crippen LogP) is 5.36. The molecule has 29 heavy (non-hydrogen) atoms. The van der Waals surface area contributed by atoms with Crippen LogP contribution in [0.25, 0.3) is 22.2 Å². The van der Waals surface area contributed by atoms with Crippen LogP contribution in [0.3, 0.4) is 0 Å². The van der Waals surface area contributed by atoms with Gasteiger partial charge in [0.15, 0.2) is 0 Å². The van der Waals surface area contributed by atoms with Gasteiger partial charge in [-0.15, -0.1) is 0 Å². The van der Waals surface area contributed by atoms with Crippen LogP contribution in [0.15, 0.2) is 83.8 Å². The molecule has 4 aromatic rings. The SMILES string of the molecule is COc1ccc(Cl)cc1S(=O)(=O)Nc1cccc(-c2ccc3ccccc3n2)c1. The zero-order chi connectivity index (χ0) is 20.4. The standard InChI is InChI=1S/C22H17ClN2O3S/c1-28-21-12-10-17(23)14-22(21)29(26,27)25-18-7-4-6-16(13-18)20-11-9-15-5-2-3-8-19(15)24-20/h2-14,25H,1H3. The first-order chi connectivity index (χ1) is 14.0. The van der Waals surface area contributed by atoms with E-state index >= 15 is 0 Å². The summed E-state index contributed by atoms with van der Waals surface area (Å²) in [5.41, 5.74) is 2.85. The third-order valence-electron chi connectivity index (χ3n) is 4.42. The highest BCUT2D eigenvalue weighted by Crippen LogP contribution is 2.30. The Labute approximate surface area is 174 Å². The highest BCUT2D eigenvalue weighted by Gasteiger charge is 2.20. The molecule has 7 heteroatoms. The minimum atomic E-state index is -3.89. The number of benzene rings is 3. The Kier molecular flexibility index (Phi) is 5.13. The summed E-state index contributed by atoms with van der Waals surface area (Å²) in [7, 11) is -2.48. The molecule has 0 amide bonds. The van der Waals surface area contributed by atoms with Gasteiger partial charge in [0.05, 0.1) is 18.3 Å². The van der Waals surface area contributed by atoms with Gasteiger partial charge >= 0.3 is 0 Å². The largest absolute Gasteiger partial charge is 0.495 e. The number of para-hydroxylation sites is 1. The van der Waals surface area contributed by atoms with Crippen molar-refractivity contribution in [2.24, 2.45) is 0 Å². The molecule has 0 aliphatic rings. The quantitative estimate of drug-likeness (QED) is 0.468. The fourth-order valence-electron chi connectivity index (χ4n) is 3.04. The molecule has 1 heterocycles. The molecule has 0 aliphatic carbocycles. The number of nitrogens with zero attached hydrogens (tertiary/aromatic N) is 1. The maximum absolute atomic E-state index is 12.9. The molecule has 0 radical (unpaired) electrons. The number of hydrogen-bond acceptors (Lipinski definition) is 4. The molecule has 0 saturated carbocycles. The Morgan fingerprint density at radius 2 is 1.76 bits per heavy atom. The smallest absolute Gasteiger partial charge is 0.265 e. The van der Waals surface area contributed by atoms with Crippen LogP contribution in [0.5, 0.6) is 5.75 Å². The van der Waals surface area contributed by atoms with Gasteiger partial charge in [-0.05, 0) is 42.5 Å². The summed E-state index contributed by atoms with van der Waals surface area (Å²) >= 11 is 5.98. The average molecular weight is 425 g/mol. The van der Waals surface area contributed by atoms with Crippen LogP contribution in [0.1, 0.15) is 0 Å². The van der Waals surface area contributed by atoms with Crippen molar-refractivity contribution in [1.29, 1.82) is 0 Å². The lowest BCUT2D eigenvalue weighted by Crippen LogP contribution is -2.14. The minimum absolute atomic E-state index is 0.0262. The molecule has 0 aliphatic heterocycles. The third-order valence-corrected chi connectivity index (χ3v) is 6.06. The molecular formula is C22H17ClN2O3S. The molecule has 5 nitrogen and oxygen atoms in total. The number of fused-ring (bicyclic) bond motifs is 1. The second kappa shape index (κ2) is 7.73. The lowest BCUT2D eigenvalue weighted by Gasteiger charge is -2.13. The highest BCUT2D eigenvalue weighted by atomic mass is 35.5. The zero-order valence-corrected chi connectivity index (χ0v) is 17.0. The van der Waals surface area contributed by atoms with Gasteiger partial charge in [-0.25, -0.2) is 13.4 Å². The second-order valence-corrected chi connectivity index (χ2v) is 8.46. The summed E-state index contributed by atoms with van der Waals surface area (Å²) in [6.45, 7) is 0. The van der Waals surface area contributed by atoms with Crippen molar-refractivity contribution >= 4 is 38.2 Å². The second-order valence-electron chi connectivity index (χ2n) is 6.37. The van der Waals surface area contributed by atoms with Crippen molar-refractivity contribution in [3.63, 3.8) is 0 Å². The number of halogens is 1. The van der Waals surface area contributed by atoms with Crippen molar-refractivity contribution in [2.75, 3.05) is 11.8 Å². The van der Waals surface area contributed by atoms with E-state index in [1.807, 2.05) is 42.5 Å². The van der Waals surface area contributed by atoms with E-state index in [1.165, 1.54) is 19.2 Å². The van der Waals surface area contributed by atoms with Crippen molar-refractivity contribution in [3.05, 3.63) is 83.9 Å². The summed E-state index contributed by atoms with van der Waals surface area (Å²) in [5, 5.41) is 1.35. The Morgan fingerprint density at radius 1 is 0.931 bits per heavy atom. The number of aromatic nitrogens is 1. The third kappa shape index (κ3) is 4.04. The van der Waals surface area contributed by atoms with Crippen LogP contribution >= 0.6 is 11.6 Å². The molecule has 0 spiro atoms. The normalized spacial score (nSPS) is 11.4. The number of ether oxygens (including phenoxy) is 1. The lowest BCUT2D eigenvalue weighted by molar-refractivity contribution is 0.403. The summed E-state index contributed by atoms with van der Waals surface area (Å²) < 4.78 is 33.5. The monoisotopic (exact) mass is 424 g/mol. The first-order valence-electron chi connectivity index (χ1n) is 8.79. The molecule has 1 N–H and O–H groups in total. The van der Waals surface area contributed by atoms with Crippen LogP contribution in [-0.4, -0.2) is 20.5 Å². The van der Waals surface area contributed by atoms with E-state index in [2.05, 4.69) is 9.71 Å². The Morgan fingerprint density at radius 3 is 2.59 bits per heavy atom. The van der Waals surface area contributed by atoms with E-state index in [0.717, 1.165) is 22.2 Å². The molecule has 0 bridgehead atoms. The van der Waals surface area contributed by atoms with Crippen molar-refractivity contribution in [3.8, 4) is 17.0 Å². The van der Waals surface area contributed by atoms with Gasteiger partial charge in [0.2, 0.25) is 0 Å². The average Bonchev–Trinajstić information content (AvgIpc) is 2.73. The van der Waals surface area contributed by atoms with Crippen molar-refractivity contribution in [1.82, 2.24) is 4.98 Å². The number of anilines is 1. The number of rotatable bonds is 5. The van der Waals surface area contributed by atoms with Crippen LogP contribution in [0.2, 0.25) is 5.02 Å². The topological polar surface area (TPSA) is 68.3 Å². The fraction of sp³-hybridized carbons (Fsp3) is 0.0455. The molecule has 146 valence electrons. The summed E-state index contributed by atoms with van der Waals surface area (Å²) in [5.74, 6) is 0.217.